The minimum absolute atomic E-state index is 0.0105. The van der Waals surface area contributed by atoms with Gasteiger partial charge in [-0.05, 0) is 25.0 Å². The highest BCUT2D eigenvalue weighted by Gasteiger charge is 2.38. The number of nitrogens with zero attached hydrogens (tertiary/aromatic N) is 4. The van der Waals surface area contributed by atoms with Crippen LogP contribution in [0.3, 0.4) is 0 Å². The minimum atomic E-state index is -0.325. The van der Waals surface area contributed by atoms with Gasteiger partial charge < -0.3 is 15.1 Å². The monoisotopic (exact) mass is 441 g/mol. The Hall–Kier alpha value is -2.81. The number of piperidine rings is 1. The van der Waals surface area contributed by atoms with Gasteiger partial charge >= 0.3 is 0 Å². The summed E-state index contributed by atoms with van der Waals surface area (Å²) in [7, 11) is 0. The van der Waals surface area contributed by atoms with Crippen LogP contribution in [0.15, 0.2) is 30.3 Å². The lowest BCUT2D eigenvalue weighted by Gasteiger charge is -2.32. The maximum absolute atomic E-state index is 13.0. The molecular weight excluding hydrogens is 414 g/mol. The topological polar surface area (TPSA) is 95.5 Å². The van der Waals surface area contributed by atoms with E-state index in [4.69, 9.17) is 0 Å². The number of aromatic nitrogens is 2. The Labute approximate surface area is 185 Å². The molecule has 164 valence electrons. The average Bonchev–Trinajstić information content (AvgIpc) is 3.41. The predicted octanol–water partition coefficient (Wildman–Crippen LogP) is 2.89. The van der Waals surface area contributed by atoms with Gasteiger partial charge in [-0.25, -0.2) is 0 Å². The van der Waals surface area contributed by atoms with Gasteiger partial charge in [-0.15, -0.1) is 10.2 Å². The Balaban J connectivity index is 1.29. The highest BCUT2D eigenvalue weighted by Crippen LogP contribution is 2.29. The zero-order chi connectivity index (χ0) is 22.0. The number of hydrogen-bond donors (Lipinski definition) is 1. The van der Waals surface area contributed by atoms with Gasteiger partial charge in [0.25, 0.3) is 0 Å². The molecule has 2 aliphatic heterocycles. The third kappa shape index (κ3) is 4.76. The van der Waals surface area contributed by atoms with Crippen molar-refractivity contribution in [3.05, 3.63) is 35.3 Å². The van der Waals surface area contributed by atoms with Crippen LogP contribution in [0.5, 0.6) is 0 Å². The standard InChI is InChI=1S/C22H27N5O3S/c1-14(2)20-24-25-22(31-20)23-19(29)15-8-10-26(11-9-15)21(30)16-12-18(28)27(13-16)17-6-4-3-5-7-17/h3-7,14-16H,8-13H2,1-2H3,(H,23,25,29). The molecule has 1 aromatic carbocycles. The summed E-state index contributed by atoms with van der Waals surface area (Å²) in [6.07, 6.45) is 1.45. The van der Waals surface area contributed by atoms with Crippen molar-refractivity contribution >= 4 is 39.9 Å². The van der Waals surface area contributed by atoms with E-state index in [9.17, 15) is 14.4 Å². The summed E-state index contributed by atoms with van der Waals surface area (Å²) in [4.78, 5) is 41.5. The minimum Gasteiger partial charge on any atom is -0.342 e. The van der Waals surface area contributed by atoms with Crippen LogP contribution >= 0.6 is 11.3 Å². The molecule has 1 N–H and O–H groups in total. The molecule has 0 saturated carbocycles. The number of benzene rings is 1. The van der Waals surface area contributed by atoms with Crippen LogP contribution in [0.25, 0.3) is 0 Å². The summed E-state index contributed by atoms with van der Waals surface area (Å²) < 4.78 is 0. The number of nitrogens with one attached hydrogen (secondary N) is 1. The van der Waals surface area contributed by atoms with Crippen molar-refractivity contribution in [2.24, 2.45) is 11.8 Å². The fourth-order valence-electron chi connectivity index (χ4n) is 4.08. The normalized spacial score (nSPS) is 19.8. The molecular formula is C22H27N5O3S. The molecule has 2 fully saturated rings. The van der Waals surface area contributed by atoms with Crippen molar-refractivity contribution in [1.82, 2.24) is 15.1 Å². The summed E-state index contributed by atoms with van der Waals surface area (Å²) in [6.45, 7) is 5.55. The molecule has 0 bridgehead atoms. The van der Waals surface area contributed by atoms with Crippen molar-refractivity contribution in [3.8, 4) is 0 Å². The molecule has 2 saturated heterocycles. The summed E-state index contributed by atoms with van der Waals surface area (Å²) in [6, 6.07) is 9.45. The van der Waals surface area contributed by atoms with E-state index in [0.29, 0.717) is 37.6 Å². The van der Waals surface area contributed by atoms with Gasteiger partial charge in [0.2, 0.25) is 22.9 Å². The van der Waals surface area contributed by atoms with Crippen LogP contribution in [-0.2, 0) is 14.4 Å². The lowest BCUT2D eigenvalue weighted by molar-refractivity contribution is -0.138. The molecule has 1 unspecified atom stereocenters. The van der Waals surface area contributed by atoms with Crippen LogP contribution in [0.4, 0.5) is 10.8 Å². The SMILES string of the molecule is CC(C)c1nnc(NC(=O)C2CCN(C(=O)C3CC(=O)N(c4ccccc4)C3)CC2)s1. The number of para-hydroxylation sites is 1. The van der Waals surface area contributed by atoms with Crippen LogP contribution in [0.2, 0.25) is 0 Å². The number of hydrogen-bond acceptors (Lipinski definition) is 6. The molecule has 3 heterocycles. The highest BCUT2D eigenvalue weighted by atomic mass is 32.1. The fourth-order valence-corrected chi connectivity index (χ4v) is 4.83. The van der Waals surface area contributed by atoms with Crippen molar-refractivity contribution in [2.45, 2.75) is 39.0 Å². The van der Waals surface area contributed by atoms with Crippen molar-refractivity contribution < 1.29 is 14.4 Å². The molecule has 1 atom stereocenters. The number of likely N-dealkylation sites (tertiary alicyclic amines) is 1. The third-order valence-electron chi connectivity index (χ3n) is 5.88. The molecule has 1 aromatic heterocycles. The largest absolute Gasteiger partial charge is 0.342 e. The Bertz CT molecular complexity index is 953. The van der Waals surface area contributed by atoms with E-state index >= 15 is 0 Å². The fraction of sp³-hybridized carbons (Fsp3) is 0.500. The maximum atomic E-state index is 13.0. The third-order valence-corrected chi connectivity index (χ3v) is 7.02. The van der Waals surface area contributed by atoms with E-state index < -0.39 is 0 Å². The second-order valence-corrected chi connectivity index (χ2v) is 9.44. The summed E-state index contributed by atoms with van der Waals surface area (Å²) in [5.74, 6) is -0.272. The lowest BCUT2D eigenvalue weighted by Crippen LogP contribution is -2.44. The number of anilines is 2. The van der Waals surface area contributed by atoms with Crippen LogP contribution < -0.4 is 10.2 Å². The molecule has 0 aliphatic carbocycles. The first-order valence-corrected chi connectivity index (χ1v) is 11.5. The van der Waals surface area contributed by atoms with Crippen LogP contribution in [-0.4, -0.2) is 52.5 Å². The number of amides is 3. The lowest BCUT2D eigenvalue weighted by atomic mass is 9.94. The van der Waals surface area contributed by atoms with E-state index in [1.54, 1.807) is 9.80 Å². The number of carbonyl (C=O) groups is 3. The van der Waals surface area contributed by atoms with Gasteiger partial charge in [0, 0.05) is 43.6 Å². The predicted molar refractivity (Wildman–Crippen MR) is 119 cm³/mol. The number of rotatable bonds is 5. The quantitative estimate of drug-likeness (QED) is 0.770. The van der Waals surface area contributed by atoms with E-state index in [1.165, 1.54) is 11.3 Å². The Morgan fingerprint density at radius 1 is 1.10 bits per heavy atom. The summed E-state index contributed by atoms with van der Waals surface area (Å²) in [5, 5.41) is 12.4. The molecule has 0 spiro atoms. The van der Waals surface area contributed by atoms with E-state index in [-0.39, 0.29) is 41.9 Å². The van der Waals surface area contributed by atoms with E-state index in [1.807, 2.05) is 44.2 Å². The van der Waals surface area contributed by atoms with Crippen molar-refractivity contribution in [2.75, 3.05) is 29.9 Å². The Morgan fingerprint density at radius 2 is 1.81 bits per heavy atom. The average molecular weight is 442 g/mol. The molecule has 3 amide bonds. The van der Waals surface area contributed by atoms with Crippen molar-refractivity contribution in [1.29, 1.82) is 0 Å². The second kappa shape index (κ2) is 9.13. The van der Waals surface area contributed by atoms with Gasteiger partial charge in [0.05, 0.1) is 5.92 Å². The van der Waals surface area contributed by atoms with E-state index in [0.717, 1.165) is 10.7 Å². The van der Waals surface area contributed by atoms with Crippen LogP contribution in [0, 0.1) is 11.8 Å². The molecule has 31 heavy (non-hydrogen) atoms. The van der Waals surface area contributed by atoms with Crippen LogP contribution in [0.1, 0.15) is 44.0 Å². The highest BCUT2D eigenvalue weighted by molar-refractivity contribution is 7.15. The molecule has 4 rings (SSSR count). The Morgan fingerprint density at radius 3 is 2.45 bits per heavy atom. The first-order valence-electron chi connectivity index (χ1n) is 10.7. The van der Waals surface area contributed by atoms with Gasteiger partial charge in [-0.1, -0.05) is 43.4 Å². The smallest absolute Gasteiger partial charge is 0.229 e. The Kier molecular flexibility index (Phi) is 6.31. The first-order chi connectivity index (χ1) is 14.9. The maximum Gasteiger partial charge on any atom is 0.229 e. The molecule has 2 aliphatic rings. The molecule has 0 radical (unpaired) electrons. The zero-order valence-corrected chi connectivity index (χ0v) is 18.6. The molecule has 8 nitrogen and oxygen atoms in total. The van der Waals surface area contributed by atoms with Gasteiger partial charge in [0.15, 0.2) is 0 Å². The molecule has 9 heteroatoms. The zero-order valence-electron chi connectivity index (χ0n) is 17.8. The summed E-state index contributed by atoms with van der Waals surface area (Å²) >= 11 is 1.40. The second-order valence-electron chi connectivity index (χ2n) is 8.43. The van der Waals surface area contributed by atoms with Gasteiger partial charge in [-0.2, -0.15) is 0 Å². The molecule has 2 aromatic rings. The number of carbonyl (C=O) groups excluding carboxylic acids is 3. The van der Waals surface area contributed by atoms with Crippen molar-refractivity contribution in [3.63, 3.8) is 0 Å². The van der Waals surface area contributed by atoms with Gasteiger partial charge in [-0.3, -0.25) is 14.4 Å². The van der Waals surface area contributed by atoms with E-state index in [2.05, 4.69) is 15.5 Å². The first kappa shape index (κ1) is 21.4. The summed E-state index contributed by atoms with van der Waals surface area (Å²) in [5.41, 5.74) is 0.829. The van der Waals surface area contributed by atoms with Gasteiger partial charge in [0.1, 0.15) is 5.01 Å².